The first-order valence-electron chi connectivity index (χ1n) is 6.22. The largest absolute Gasteiger partial charge is 0.480 e. The summed E-state index contributed by atoms with van der Waals surface area (Å²) >= 11 is 6.03. The Morgan fingerprint density at radius 3 is 2.67 bits per heavy atom. The molecule has 0 atom stereocenters. The minimum absolute atomic E-state index is 0.150. The quantitative estimate of drug-likeness (QED) is 0.833. The molecule has 0 spiro atoms. The lowest BCUT2D eigenvalue weighted by Gasteiger charge is -2.24. The number of hydrogen-bond donors (Lipinski definition) is 2. The van der Waals surface area contributed by atoms with E-state index < -0.39 is 11.8 Å². The molecular weight excluding hydrogens is 295 g/mol. The first-order valence-corrected chi connectivity index (χ1v) is 6.60. The van der Waals surface area contributed by atoms with E-state index in [1.54, 1.807) is 29.2 Å². The van der Waals surface area contributed by atoms with E-state index in [2.05, 4.69) is 0 Å². The van der Waals surface area contributed by atoms with Crippen molar-refractivity contribution in [3.8, 4) is 0 Å². The number of nitrogens with zero attached hydrogens (tertiary/aromatic N) is 1. The summed E-state index contributed by atoms with van der Waals surface area (Å²) in [5.74, 6) is -1.43. The predicted molar refractivity (Wildman–Crippen MR) is 81.0 cm³/mol. The molecule has 0 fully saturated rings. The van der Waals surface area contributed by atoms with Crippen molar-refractivity contribution in [3.63, 3.8) is 0 Å². The fraction of sp³-hybridized carbons (Fsp3) is 0.133. The van der Waals surface area contributed by atoms with E-state index in [4.69, 9.17) is 22.4 Å². The van der Waals surface area contributed by atoms with Crippen LogP contribution >= 0.6 is 11.6 Å². The topological polar surface area (TPSA) is 66.6 Å². The van der Waals surface area contributed by atoms with Crippen molar-refractivity contribution < 1.29 is 14.3 Å². The van der Waals surface area contributed by atoms with E-state index in [1.807, 2.05) is 0 Å². The molecular formula is C15H14ClFN2O2. The average Bonchev–Trinajstić information content (AvgIpc) is 2.42. The molecule has 2 aromatic carbocycles. The number of rotatable bonds is 5. The number of carboxylic acids is 1. The summed E-state index contributed by atoms with van der Waals surface area (Å²) in [5, 5.41) is 9.42. The summed E-state index contributed by atoms with van der Waals surface area (Å²) < 4.78 is 13.3. The summed E-state index contributed by atoms with van der Waals surface area (Å²) in [6.07, 6.45) is 0. The van der Waals surface area contributed by atoms with Gasteiger partial charge in [-0.3, -0.25) is 4.79 Å². The molecule has 110 valence electrons. The molecule has 2 rings (SSSR count). The zero-order valence-corrected chi connectivity index (χ0v) is 11.8. The molecule has 21 heavy (non-hydrogen) atoms. The van der Waals surface area contributed by atoms with Crippen LogP contribution in [0.1, 0.15) is 5.56 Å². The van der Waals surface area contributed by atoms with E-state index in [1.165, 1.54) is 18.2 Å². The molecule has 0 unspecified atom stereocenters. The lowest BCUT2D eigenvalue weighted by atomic mass is 10.1. The van der Waals surface area contributed by atoms with Crippen LogP contribution < -0.4 is 10.6 Å². The van der Waals surface area contributed by atoms with Crippen molar-refractivity contribution >= 4 is 28.9 Å². The molecule has 0 amide bonds. The van der Waals surface area contributed by atoms with Crippen molar-refractivity contribution in [2.45, 2.75) is 6.54 Å². The molecule has 2 aromatic rings. The second kappa shape index (κ2) is 6.45. The van der Waals surface area contributed by atoms with Gasteiger partial charge in [-0.15, -0.1) is 0 Å². The highest BCUT2D eigenvalue weighted by Gasteiger charge is 2.15. The van der Waals surface area contributed by atoms with Gasteiger partial charge in [0, 0.05) is 11.6 Å². The normalized spacial score (nSPS) is 10.4. The maximum Gasteiger partial charge on any atom is 0.323 e. The highest BCUT2D eigenvalue weighted by atomic mass is 35.5. The summed E-state index contributed by atoms with van der Waals surface area (Å²) in [4.78, 5) is 12.6. The van der Waals surface area contributed by atoms with Gasteiger partial charge >= 0.3 is 5.97 Å². The number of aliphatic carboxylic acids is 1. The maximum atomic E-state index is 13.3. The minimum atomic E-state index is -1.01. The second-order valence-electron chi connectivity index (χ2n) is 4.54. The van der Waals surface area contributed by atoms with Crippen molar-refractivity contribution in [1.82, 2.24) is 0 Å². The molecule has 0 radical (unpaired) electrons. The molecule has 0 aliphatic rings. The lowest BCUT2D eigenvalue weighted by Crippen LogP contribution is -2.30. The number of carbonyl (C=O) groups is 1. The summed E-state index contributed by atoms with van der Waals surface area (Å²) in [6.45, 7) is -0.113. The van der Waals surface area contributed by atoms with Gasteiger partial charge in [0.2, 0.25) is 0 Å². The van der Waals surface area contributed by atoms with Gasteiger partial charge in [0.05, 0.1) is 11.4 Å². The Bertz CT molecular complexity index is 664. The van der Waals surface area contributed by atoms with Crippen LogP contribution in [-0.2, 0) is 11.3 Å². The van der Waals surface area contributed by atoms with Gasteiger partial charge in [-0.1, -0.05) is 23.7 Å². The number of nitrogen functional groups attached to an aromatic ring is 1. The third-order valence-corrected chi connectivity index (χ3v) is 3.34. The Balaban J connectivity index is 2.35. The van der Waals surface area contributed by atoms with E-state index in [9.17, 15) is 9.18 Å². The summed E-state index contributed by atoms with van der Waals surface area (Å²) in [6, 6.07) is 10.9. The first kappa shape index (κ1) is 15.1. The molecule has 0 aliphatic heterocycles. The Hall–Kier alpha value is -2.27. The maximum absolute atomic E-state index is 13.3. The van der Waals surface area contributed by atoms with Crippen LogP contribution in [0.5, 0.6) is 0 Å². The van der Waals surface area contributed by atoms with Crippen LogP contribution in [0.4, 0.5) is 15.8 Å². The monoisotopic (exact) mass is 308 g/mol. The van der Waals surface area contributed by atoms with E-state index in [0.29, 0.717) is 22.0 Å². The van der Waals surface area contributed by atoms with Crippen molar-refractivity contribution in [2.75, 3.05) is 17.2 Å². The highest BCUT2D eigenvalue weighted by molar-refractivity contribution is 6.31. The number of hydrogen-bond acceptors (Lipinski definition) is 3. The molecule has 0 aliphatic carbocycles. The van der Waals surface area contributed by atoms with E-state index >= 15 is 0 Å². The standard InChI is InChI=1S/C15H14ClFN2O2/c16-12-6-5-11(17)7-10(12)8-19(9-15(20)21)14-4-2-1-3-13(14)18/h1-7H,8-9,18H2,(H,20,21). The first-order chi connectivity index (χ1) is 9.97. The van der Waals surface area contributed by atoms with Gasteiger partial charge in [-0.05, 0) is 35.9 Å². The van der Waals surface area contributed by atoms with Crippen molar-refractivity contribution in [3.05, 3.63) is 58.9 Å². The molecule has 4 nitrogen and oxygen atoms in total. The van der Waals surface area contributed by atoms with Crippen molar-refractivity contribution in [1.29, 1.82) is 0 Å². The fourth-order valence-electron chi connectivity index (χ4n) is 2.04. The minimum Gasteiger partial charge on any atom is -0.480 e. The highest BCUT2D eigenvalue weighted by Crippen LogP contribution is 2.26. The SMILES string of the molecule is Nc1ccccc1N(CC(=O)O)Cc1cc(F)ccc1Cl. The smallest absolute Gasteiger partial charge is 0.323 e. The van der Waals surface area contributed by atoms with E-state index in [-0.39, 0.29) is 13.1 Å². The van der Waals surface area contributed by atoms with Crippen LogP contribution in [0.25, 0.3) is 0 Å². The van der Waals surface area contributed by atoms with Crippen molar-refractivity contribution in [2.24, 2.45) is 0 Å². The summed E-state index contributed by atoms with van der Waals surface area (Å²) in [5.41, 5.74) is 7.40. The Labute approximate surface area is 126 Å². The van der Waals surface area contributed by atoms with Crippen LogP contribution in [0.15, 0.2) is 42.5 Å². The Kier molecular flexibility index (Phi) is 4.65. The number of halogens is 2. The van der Waals surface area contributed by atoms with Gasteiger partial charge in [0.1, 0.15) is 12.4 Å². The number of benzene rings is 2. The average molecular weight is 309 g/mol. The molecule has 3 N–H and O–H groups in total. The van der Waals surface area contributed by atoms with Gasteiger partial charge < -0.3 is 15.7 Å². The number of carboxylic acid groups (broad SMARTS) is 1. The molecule has 0 saturated carbocycles. The van der Waals surface area contributed by atoms with Gasteiger partial charge in [-0.2, -0.15) is 0 Å². The van der Waals surface area contributed by atoms with E-state index in [0.717, 1.165) is 0 Å². The van der Waals surface area contributed by atoms with Crippen LogP contribution in [0.3, 0.4) is 0 Å². The fourth-order valence-corrected chi connectivity index (χ4v) is 2.21. The molecule has 6 heteroatoms. The molecule has 0 bridgehead atoms. The second-order valence-corrected chi connectivity index (χ2v) is 4.95. The zero-order chi connectivity index (χ0) is 15.4. The predicted octanol–water partition coefficient (Wildman–Crippen LogP) is 3.15. The van der Waals surface area contributed by atoms with Gasteiger partial charge in [0.15, 0.2) is 0 Å². The van der Waals surface area contributed by atoms with Gasteiger partial charge in [0.25, 0.3) is 0 Å². The zero-order valence-electron chi connectivity index (χ0n) is 11.1. The number of para-hydroxylation sites is 2. The van der Waals surface area contributed by atoms with Gasteiger partial charge in [-0.25, -0.2) is 4.39 Å². The molecule has 0 saturated heterocycles. The Morgan fingerprint density at radius 2 is 2.00 bits per heavy atom. The molecule has 0 aromatic heterocycles. The third kappa shape index (κ3) is 3.86. The lowest BCUT2D eigenvalue weighted by molar-refractivity contribution is -0.135. The van der Waals surface area contributed by atoms with Crippen LogP contribution in [0, 0.1) is 5.82 Å². The number of nitrogens with two attached hydrogens (primary N) is 1. The summed E-state index contributed by atoms with van der Waals surface area (Å²) in [7, 11) is 0. The molecule has 0 heterocycles. The van der Waals surface area contributed by atoms with Crippen LogP contribution in [-0.4, -0.2) is 17.6 Å². The third-order valence-electron chi connectivity index (χ3n) is 2.97. The Morgan fingerprint density at radius 1 is 1.29 bits per heavy atom. The van der Waals surface area contributed by atoms with Crippen LogP contribution in [0.2, 0.25) is 5.02 Å². The number of anilines is 2.